The Kier molecular flexibility index (Phi) is 4.75. The molecule has 0 spiro atoms. The number of benzene rings is 1. The Morgan fingerprint density at radius 2 is 1.78 bits per heavy atom. The first-order valence-electron chi connectivity index (χ1n) is 10.1. The number of likely N-dealkylation sites (tertiary alicyclic amines) is 2. The van der Waals surface area contributed by atoms with Gasteiger partial charge >= 0.3 is 6.03 Å². The Morgan fingerprint density at radius 3 is 2.44 bits per heavy atom. The van der Waals surface area contributed by atoms with Crippen molar-refractivity contribution < 1.29 is 14.3 Å². The van der Waals surface area contributed by atoms with E-state index >= 15 is 0 Å². The van der Waals surface area contributed by atoms with Crippen LogP contribution in [0.2, 0.25) is 0 Å². The summed E-state index contributed by atoms with van der Waals surface area (Å²) in [7, 11) is 0. The lowest BCUT2D eigenvalue weighted by Crippen LogP contribution is -2.58. The number of hydrogen-bond donors (Lipinski definition) is 0. The van der Waals surface area contributed by atoms with Crippen LogP contribution in [0.4, 0.5) is 4.79 Å². The second-order valence-corrected chi connectivity index (χ2v) is 9.34. The fraction of sp³-hybridized carbons (Fsp3) is 0.636. The van der Waals surface area contributed by atoms with Crippen LogP contribution in [0, 0.1) is 5.92 Å². The molecule has 1 aromatic carbocycles. The van der Waals surface area contributed by atoms with Gasteiger partial charge in [-0.25, -0.2) is 4.79 Å². The largest absolute Gasteiger partial charge is 0.370 e. The van der Waals surface area contributed by atoms with Gasteiger partial charge in [-0.2, -0.15) is 0 Å². The predicted molar refractivity (Wildman–Crippen MR) is 104 cm³/mol. The summed E-state index contributed by atoms with van der Waals surface area (Å²) in [4.78, 5) is 28.3. The van der Waals surface area contributed by atoms with Crippen LogP contribution in [0.5, 0.6) is 0 Å². The van der Waals surface area contributed by atoms with Gasteiger partial charge in [-0.05, 0) is 23.0 Å². The molecule has 0 radical (unpaired) electrons. The molecule has 27 heavy (non-hydrogen) atoms. The Morgan fingerprint density at radius 1 is 1.07 bits per heavy atom. The molecule has 5 heteroatoms. The van der Waals surface area contributed by atoms with Gasteiger partial charge in [-0.15, -0.1) is 0 Å². The van der Waals surface area contributed by atoms with E-state index in [1.807, 2.05) is 9.80 Å². The van der Waals surface area contributed by atoms with Crippen molar-refractivity contribution in [3.8, 4) is 0 Å². The number of rotatable bonds is 1. The van der Waals surface area contributed by atoms with E-state index in [9.17, 15) is 9.59 Å². The molecule has 3 heterocycles. The van der Waals surface area contributed by atoms with Gasteiger partial charge in [0.2, 0.25) is 0 Å². The molecule has 1 aromatic rings. The Labute approximate surface area is 161 Å². The normalized spacial score (nSPS) is 26.6. The minimum absolute atomic E-state index is 0.119. The fourth-order valence-electron chi connectivity index (χ4n) is 4.45. The monoisotopic (exact) mass is 370 g/mol. The molecule has 146 valence electrons. The van der Waals surface area contributed by atoms with E-state index in [4.69, 9.17) is 4.74 Å². The summed E-state index contributed by atoms with van der Waals surface area (Å²) in [5.74, 6) is 0.763. The van der Waals surface area contributed by atoms with Gasteiger partial charge in [0.15, 0.2) is 5.78 Å². The van der Waals surface area contributed by atoms with Crippen LogP contribution >= 0.6 is 0 Å². The molecule has 3 fully saturated rings. The first-order valence-corrected chi connectivity index (χ1v) is 10.1. The van der Waals surface area contributed by atoms with E-state index in [-0.39, 0.29) is 35.9 Å². The zero-order chi connectivity index (χ0) is 19.2. The number of urea groups is 1. The average molecular weight is 370 g/mol. The molecule has 5 nitrogen and oxygen atoms in total. The highest BCUT2D eigenvalue weighted by molar-refractivity contribution is 5.81. The molecule has 4 rings (SSSR count). The predicted octanol–water partition coefficient (Wildman–Crippen LogP) is 3.18. The molecule has 2 amide bonds. The van der Waals surface area contributed by atoms with Gasteiger partial charge in [0.1, 0.15) is 6.61 Å². The standard InChI is InChI=1S/C22H30N2O3/c1-22(2,3)18-6-4-15(5-7-18)17-12-24(13-17)21(26)23-9-8-20-16(11-23)10-19(25)14-27-20/h4-7,16-17,20H,8-14H2,1-3H3/t16-,20-/m1/s1. The third kappa shape index (κ3) is 3.75. The summed E-state index contributed by atoms with van der Waals surface area (Å²) in [6.45, 7) is 9.87. The Bertz CT molecular complexity index is 716. The summed E-state index contributed by atoms with van der Waals surface area (Å²) < 4.78 is 5.63. The van der Waals surface area contributed by atoms with Crippen LogP contribution in [-0.2, 0) is 14.9 Å². The number of hydrogen-bond acceptors (Lipinski definition) is 3. The highest BCUT2D eigenvalue weighted by Gasteiger charge is 2.40. The summed E-state index contributed by atoms with van der Waals surface area (Å²) in [6, 6.07) is 8.97. The molecular formula is C22H30N2O3. The topological polar surface area (TPSA) is 49.9 Å². The third-order valence-corrected chi connectivity index (χ3v) is 6.28. The summed E-state index contributed by atoms with van der Waals surface area (Å²) in [5.41, 5.74) is 2.82. The molecule has 3 aliphatic heterocycles. The van der Waals surface area contributed by atoms with E-state index in [1.54, 1.807) is 0 Å². The number of nitrogens with zero attached hydrogens (tertiary/aromatic N) is 2. The highest BCUT2D eigenvalue weighted by atomic mass is 16.5. The van der Waals surface area contributed by atoms with Crippen LogP contribution in [0.3, 0.4) is 0 Å². The van der Waals surface area contributed by atoms with Crippen molar-refractivity contribution in [2.45, 2.75) is 51.0 Å². The Hall–Kier alpha value is -1.88. The molecule has 0 saturated carbocycles. The summed E-state index contributed by atoms with van der Waals surface area (Å²) in [6.07, 6.45) is 1.55. The molecule has 3 aliphatic rings. The van der Waals surface area contributed by atoms with Crippen LogP contribution < -0.4 is 0 Å². The maximum atomic E-state index is 12.8. The lowest BCUT2D eigenvalue weighted by atomic mass is 9.84. The maximum Gasteiger partial charge on any atom is 0.320 e. The van der Waals surface area contributed by atoms with E-state index in [0.29, 0.717) is 18.9 Å². The smallest absolute Gasteiger partial charge is 0.320 e. The minimum Gasteiger partial charge on any atom is -0.370 e. The molecular weight excluding hydrogens is 340 g/mol. The molecule has 0 aromatic heterocycles. The van der Waals surface area contributed by atoms with Gasteiger partial charge in [-0.1, -0.05) is 45.0 Å². The van der Waals surface area contributed by atoms with Crippen LogP contribution in [0.1, 0.15) is 50.7 Å². The highest BCUT2D eigenvalue weighted by Crippen LogP contribution is 2.32. The second kappa shape index (κ2) is 6.93. The second-order valence-electron chi connectivity index (χ2n) is 9.34. The maximum absolute atomic E-state index is 12.8. The summed E-state index contributed by atoms with van der Waals surface area (Å²) >= 11 is 0. The van der Waals surface area contributed by atoms with Gasteiger partial charge < -0.3 is 14.5 Å². The van der Waals surface area contributed by atoms with Crippen molar-refractivity contribution in [1.82, 2.24) is 9.80 Å². The lowest BCUT2D eigenvalue weighted by Gasteiger charge is -2.46. The van der Waals surface area contributed by atoms with Crippen molar-refractivity contribution in [1.29, 1.82) is 0 Å². The SMILES string of the molecule is CC(C)(C)c1ccc(C2CN(C(=O)N3CC[C@H]4OCC(=O)C[C@@H]4C3)C2)cc1. The van der Waals surface area contributed by atoms with Gasteiger partial charge in [0, 0.05) is 44.4 Å². The molecule has 0 N–H and O–H groups in total. The third-order valence-electron chi connectivity index (χ3n) is 6.28. The lowest BCUT2D eigenvalue weighted by molar-refractivity contribution is -0.140. The number of ketones is 1. The number of carbonyl (C=O) groups excluding carboxylic acids is 2. The number of ether oxygens (including phenoxy) is 1. The molecule has 0 unspecified atom stereocenters. The summed E-state index contributed by atoms with van der Waals surface area (Å²) in [5, 5.41) is 0. The fourth-order valence-corrected chi connectivity index (χ4v) is 4.45. The first kappa shape index (κ1) is 18.5. The van der Waals surface area contributed by atoms with Crippen LogP contribution in [0.25, 0.3) is 0 Å². The van der Waals surface area contributed by atoms with E-state index in [1.165, 1.54) is 11.1 Å². The number of amides is 2. The Balaban J connectivity index is 1.31. The van der Waals surface area contributed by atoms with Crippen molar-refractivity contribution in [3.05, 3.63) is 35.4 Å². The zero-order valence-electron chi connectivity index (χ0n) is 16.6. The number of piperidine rings is 1. The van der Waals surface area contributed by atoms with Crippen LogP contribution in [0.15, 0.2) is 24.3 Å². The van der Waals surface area contributed by atoms with Crippen molar-refractivity contribution in [2.24, 2.45) is 5.92 Å². The van der Waals surface area contributed by atoms with Crippen LogP contribution in [-0.4, -0.2) is 60.5 Å². The van der Waals surface area contributed by atoms with Crippen molar-refractivity contribution in [2.75, 3.05) is 32.8 Å². The zero-order valence-corrected chi connectivity index (χ0v) is 16.6. The number of Topliss-reactive ketones (excluding diaryl/α,β-unsaturated/α-hetero) is 1. The number of fused-ring (bicyclic) bond motifs is 1. The number of carbonyl (C=O) groups is 2. The van der Waals surface area contributed by atoms with Crippen molar-refractivity contribution in [3.63, 3.8) is 0 Å². The average Bonchev–Trinajstić information content (AvgIpc) is 2.59. The molecule has 2 atom stereocenters. The molecule has 0 aliphatic carbocycles. The molecule has 0 bridgehead atoms. The van der Waals surface area contributed by atoms with E-state index in [0.717, 1.165) is 26.1 Å². The van der Waals surface area contributed by atoms with Gasteiger partial charge in [-0.3, -0.25) is 4.79 Å². The minimum atomic E-state index is 0.119. The van der Waals surface area contributed by atoms with Gasteiger partial charge in [0.25, 0.3) is 0 Å². The van der Waals surface area contributed by atoms with Gasteiger partial charge in [0.05, 0.1) is 6.10 Å². The van der Waals surface area contributed by atoms with E-state index < -0.39 is 0 Å². The first-order chi connectivity index (χ1) is 12.8. The van der Waals surface area contributed by atoms with E-state index in [2.05, 4.69) is 45.0 Å². The van der Waals surface area contributed by atoms with Crippen molar-refractivity contribution >= 4 is 11.8 Å². The molecule has 3 saturated heterocycles. The quantitative estimate of drug-likeness (QED) is 0.763.